The van der Waals surface area contributed by atoms with Crippen molar-refractivity contribution in [2.45, 2.75) is 19.4 Å². The third-order valence-electron chi connectivity index (χ3n) is 3.09. The predicted molar refractivity (Wildman–Crippen MR) is 82.6 cm³/mol. The van der Waals surface area contributed by atoms with Crippen LogP contribution in [0, 0.1) is 6.92 Å². The van der Waals surface area contributed by atoms with Crippen LogP contribution >= 0.6 is 27.3 Å². The second-order valence-electron chi connectivity index (χ2n) is 4.67. The van der Waals surface area contributed by atoms with Crippen LogP contribution in [0.15, 0.2) is 22.8 Å². The minimum Gasteiger partial charge on any atom is -0.490 e. The molecule has 20 heavy (non-hydrogen) atoms. The Balaban J connectivity index is 1.98. The zero-order valence-electron chi connectivity index (χ0n) is 11.1. The number of hydrogen-bond acceptors (Lipinski definition) is 5. The summed E-state index contributed by atoms with van der Waals surface area (Å²) in [5.41, 5.74) is 7.27. The molecule has 1 atom stereocenters. The van der Waals surface area contributed by atoms with Crippen LogP contribution in [0.4, 0.5) is 0 Å². The van der Waals surface area contributed by atoms with Gasteiger partial charge in [-0.2, -0.15) is 0 Å². The molecule has 0 fully saturated rings. The first-order valence-corrected chi connectivity index (χ1v) is 8.03. The van der Waals surface area contributed by atoms with Crippen LogP contribution in [0.1, 0.15) is 27.9 Å². The summed E-state index contributed by atoms with van der Waals surface area (Å²) >= 11 is 5.15. The Labute approximate surface area is 130 Å². The zero-order chi connectivity index (χ0) is 14.1. The van der Waals surface area contributed by atoms with E-state index in [4.69, 9.17) is 15.2 Å². The molecule has 0 bridgehead atoms. The number of nitrogens with two attached hydrogens (primary N) is 1. The fourth-order valence-electron chi connectivity index (χ4n) is 2.09. The zero-order valence-corrected chi connectivity index (χ0v) is 13.5. The smallest absolute Gasteiger partial charge is 0.175 e. The summed E-state index contributed by atoms with van der Waals surface area (Å²) < 4.78 is 12.3. The molecule has 3 rings (SSSR count). The van der Waals surface area contributed by atoms with Gasteiger partial charge in [-0.1, -0.05) is 0 Å². The van der Waals surface area contributed by atoms with Crippen molar-refractivity contribution in [2.75, 3.05) is 13.2 Å². The molecule has 1 aromatic heterocycles. The van der Waals surface area contributed by atoms with Gasteiger partial charge < -0.3 is 15.2 Å². The van der Waals surface area contributed by atoms with Crippen LogP contribution < -0.4 is 15.2 Å². The third-order valence-corrected chi connectivity index (χ3v) is 4.67. The second kappa shape index (κ2) is 5.71. The highest BCUT2D eigenvalue weighted by Crippen LogP contribution is 2.40. The van der Waals surface area contributed by atoms with Gasteiger partial charge in [0, 0.05) is 17.5 Å². The van der Waals surface area contributed by atoms with Gasteiger partial charge in [0.15, 0.2) is 11.5 Å². The number of halogens is 1. The van der Waals surface area contributed by atoms with E-state index in [1.54, 1.807) is 11.3 Å². The van der Waals surface area contributed by atoms with Crippen molar-refractivity contribution in [2.24, 2.45) is 5.73 Å². The van der Waals surface area contributed by atoms with Crippen molar-refractivity contribution in [3.05, 3.63) is 38.3 Å². The lowest BCUT2D eigenvalue weighted by molar-refractivity contribution is 0.296. The van der Waals surface area contributed by atoms with E-state index >= 15 is 0 Å². The van der Waals surface area contributed by atoms with Gasteiger partial charge in [0.05, 0.1) is 23.7 Å². The number of aromatic nitrogens is 1. The number of benzene rings is 1. The fourth-order valence-corrected chi connectivity index (χ4v) is 3.47. The van der Waals surface area contributed by atoms with E-state index < -0.39 is 0 Å². The summed E-state index contributed by atoms with van der Waals surface area (Å²) in [6, 6.07) is 3.68. The molecule has 0 saturated heterocycles. The molecule has 1 aromatic carbocycles. The Bertz CT molecular complexity index is 630. The van der Waals surface area contributed by atoms with Crippen LogP contribution in [0.5, 0.6) is 11.5 Å². The molecule has 106 valence electrons. The lowest BCUT2D eigenvalue weighted by Gasteiger charge is -2.14. The highest BCUT2D eigenvalue weighted by atomic mass is 79.9. The number of thiazole rings is 1. The average Bonchev–Trinajstić information content (AvgIpc) is 2.72. The lowest BCUT2D eigenvalue weighted by Crippen LogP contribution is -2.12. The molecule has 0 aliphatic carbocycles. The van der Waals surface area contributed by atoms with Crippen LogP contribution in [0.3, 0.4) is 0 Å². The first-order chi connectivity index (χ1) is 9.65. The molecule has 1 aliphatic heterocycles. The van der Waals surface area contributed by atoms with Gasteiger partial charge in [0.1, 0.15) is 5.01 Å². The molecule has 2 N–H and O–H groups in total. The van der Waals surface area contributed by atoms with Crippen LogP contribution in [0.25, 0.3) is 0 Å². The number of aryl methyl sites for hydroxylation is 1. The van der Waals surface area contributed by atoms with Gasteiger partial charge in [0.25, 0.3) is 0 Å². The van der Waals surface area contributed by atoms with Gasteiger partial charge in [0.2, 0.25) is 0 Å². The number of hydrogen-bond donors (Lipinski definition) is 1. The van der Waals surface area contributed by atoms with E-state index in [-0.39, 0.29) is 6.04 Å². The molecule has 4 nitrogen and oxygen atoms in total. The monoisotopic (exact) mass is 354 g/mol. The van der Waals surface area contributed by atoms with E-state index in [2.05, 4.69) is 20.9 Å². The largest absolute Gasteiger partial charge is 0.490 e. The van der Waals surface area contributed by atoms with Crippen molar-refractivity contribution < 1.29 is 9.47 Å². The molecule has 1 unspecified atom stereocenters. The molecule has 2 heterocycles. The summed E-state index contributed by atoms with van der Waals surface area (Å²) in [6.07, 6.45) is 2.73. The first kappa shape index (κ1) is 13.9. The third kappa shape index (κ3) is 2.68. The summed E-state index contributed by atoms with van der Waals surface area (Å²) in [5.74, 6) is 1.50. The highest BCUT2D eigenvalue weighted by Gasteiger charge is 2.20. The lowest BCUT2D eigenvalue weighted by atomic mass is 10.1. The number of ether oxygens (including phenoxy) is 2. The minimum absolute atomic E-state index is 0.248. The summed E-state index contributed by atoms with van der Waals surface area (Å²) in [6.45, 7) is 3.36. The van der Waals surface area contributed by atoms with Crippen molar-refractivity contribution in [3.63, 3.8) is 0 Å². The van der Waals surface area contributed by atoms with Crippen molar-refractivity contribution in [3.8, 4) is 11.5 Å². The maximum Gasteiger partial charge on any atom is 0.175 e. The van der Waals surface area contributed by atoms with E-state index in [9.17, 15) is 0 Å². The highest BCUT2D eigenvalue weighted by molar-refractivity contribution is 9.10. The van der Waals surface area contributed by atoms with Crippen molar-refractivity contribution >= 4 is 27.3 Å². The number of rotatable bonds is 2. The second-order valence-corrected chi connectivity index (χ2v) is 6.79. The fraction of sp³-hybridized carbons (Fsp3) is 0.357. The Morgan fingerprint density at radius 2 is 2.15 bits per heavy atom. The first-order valence-electron chi connectivity index (χ1n) is 6.42. The Morgan fingerprint density at radius 3 is 2.90 bits per heavy atom. The van der Waals surface area contributed by atoms with Crippen molar-refractivity contribution in [1.82, 2.24) is 4.98 Å². The Kier molecular flexibility index (Phi) is 3.96. The van der Waals surface area contributed by atoms with E-state index in [1.807, 2.05) is 25.3 Å². The molecule has 6 heteroatoms. The van der Waals surface area contributed by atoms with Crippen LogP contribution in [0.2, 0.25) is 0 Å². The van der Waals surface area contributed by atoms with E-state index in [0.29, 0.717) is 13.2 Å². The number of fused-ring (bicyclic) bond motifs is 1. The van der Waals surface area contributed by atoms with Gasteiger partial charge in [-0.15, -0.1) is 11.3 Å². The molecule has 0 amide bonds. The standard InChI is InChI=1S/C14H15BrN2O2S/c1-8-7-17-14(20-8)12(16)9-5-10(15)13-11(6-9)18-3-2-4-19-13/h5-7,12H,2-4,16H2,1H3. The summed E-state index contributed by atoms with van der Waals surface area (Å²) in [5, 5.41) is 0.906. The van der Waals surface area contributed by atoms with Gasteiger partial charge >= 0.3 is 0 Å². The quantitative estimate of drug-likeness (QED) is 0.897. The minimum atomic E-state index is -0.248. The Morgan fingerprint density at radius 1 is 1.35 bits per heavy atom. The maximum absolute atomic E-state index is 6.30. The summed E-state index contributed by atoms with van der Waals surface area (Å²) in [7, 11) is 0. The molecule has 2 aromatic rings. The number of nitrogens with zero attached hydrogens (tertiary/aromatic N) is 1. The average molecular weight is 355 g/mol. The Hall–Kier alpha value is -1.11. The van der Waals surface area contributed by atoms with E-state index in [0.717, 1.165) is 37.8 Å². The molecular formula is C14H15BrN2O2S. The molecule has 0 spiro atoms. The van der Waals surface area contributed by atoms with Gasteiger partial charge in [-0.3, -0.25) is 0 Å². The van der Waals surface area contributed by atoms with Gasteiger partial charge in [-0.25, -0.2) is 4.98 Å². The molecule has 1 aliphatic rings. The van der Waals surface area contributed by atoms with Crippen LogP contribution in [-0.2, 0) is 0 Å². The summed E-state index contributed by atoms with van der Waals surface area (Å²) in [4.78, 5) is 5.51. The van der Waals surface area contributed by atoms with E-state index in [1.165, 1.54) is 0 Å². The predicted octanol–water partition coefficient (Wildman–Crippen LogP) is 3.42. The molecule has 0 saturated carbocycles. The molecular weight excluding hydrogens is 340 g/mol. The van der Waals surface area contributed by atoms with Crippen molar-refractivity contribution in [1.29, 1.82) is 0 Å². The van der Waals surface area contributed by atoms with Gasteiger partial charge in [-0.05, 0) is 40.5 Å². The van der Waals surface area contributed by atoms with Crippen LogP contribution in [-0.4, -0.2) is 18.2 Å². The SMILES string of the molecule is Cc1cnc(C(N)c2cc(Br)c3c(c2)OCCCO3)s1. The maximum atomic E-state index is 6.30. The topological polar surface area (TPSA) is 57.4 Å². The normalized spacial score (nSPS) is 15.8. The molecule has 0 radical (unpaired) electrons.